The molecule has 0 atom stereocenters. The lowest BCUT2D eigenvalue weighted by Gasteiger charge is -1.99. The van der Waals surface area contributed by atoms with E-state index in [1.54, 1.807) is 0 Å². The van der Waals surface area contributed by atoms with Gasteiger partial charge in [0.2, 0.25) is 0 Å². The summed E-state index contributed by atoms with van der Waals surface area (Å²) in [4.78, 5) is -0.785. The minimum atomic E-state index is -4.62. The van der Waals surface area contributed by atoms with Crippen LogP contribution in [0.25, 0.3) is 0 Å². The monoisotopic (exact) mass is 332 g/mol. The SMILES string of the molecule is O=I(=O)c1ccc(O)cc1S(=O)(=O)O. The first-order valence-corrected chi connectivity index (χ1v) is 7.46. The summed E-state index contributed by atoms with van der Waals surface area (Å²) in [5.41, 5.74) is 0. The van der Waals surface area contributed by atoms with E-state index in [9.17, 15) is 14.6 Å². The van der Waals surface area contributed by atoms with Crippen molar-refractivity contribution in [3.05, 3.63) is 21.8 Å². The van der Waals surface area contributed by atoms with Gasteiger partial charge in [0.25, 0.3) is 10.1 Å². The molecule has 2 N–H and O–H groups in total. The van der Waals surface area contributed by atoms with E-state index in [-0.39, 0.29) is 0 Å². The zero-order valence-corrected chi connectivity index (χ0v) is 9.52. The highest BCUT2D eigenvalue weighted by atomic mass is 127. The predicted molar refractivity (Wildman–Crippen MR) is 52.0 cm³/mol. The molecule has 0 aliphatic carbocycles. The molecule has 0 heterocycles. The summed E-state index contributed by atoms with van der Waals surface area (Å²) >= 11 is -4.01. The highest BCUT2D eigenvalue weighted by Crippen LogP contribution is 2.28. The molecule has 1 rings (SSSR count). The van der Waals surface area contributed by atoms with Crippen LogP contribution in [-0.4, -0.2) is 18.1 Å². The molecule has 78 valence electrons. The van der Waals surface area contributed by atoms with E-state index in [4.69, 9.17) is 9.66 Å². The van der Waals surface area contributed by atoms with Crippen molar-refractivity contribution in [2.24, 2.45) is 0 Å². The Bertz CT molecular complexity index is 521. The van der Waals surface area contributed by atoms with E-state index in [0.717, 1.165) is 12.1 Å². The standard InChI is InChI=1S/C6H5IO6S/c8-4-1-2-5(7(9)10)6(3-4)14(11,12)13/h1-3,8H,(H,11,12,13). The van der Waals surface area contributed by atoms with Gasteiger partial charge in [-0.1, -0.05) is 0 Å². The van der Waals surface area contributed by atoms with Gasteiger partial charge in [0.1, 0.15) is 10.6 Å². The summed E-state index contributed by atoms with van der Waals surface area (Å²) < 4.78 is 50.9. The van der Waals surface area contributed by atoms with Gasteiger partial charge in [0, 0.05) is 6.07 Å². The topological polar surface area (TPSA) is 109 Å². The van der Waals surface area contributed by atoms with Crippen LogP contribution >= 0.6 is 19.8 Å². The summed E-state index contributed by atoms with van der Waals surface area (Å²) in [6.07, 6.45) is 0. The van der Waals surface area contributed by atoms with Crippen LogP contribution in [-0.2, 0) is 16.3 Å². The Morgan fingerprint density at radius 2 is 1.79 bits per heavy atom. The Kier molecular flexibility index (Phi) is 3.07. The van der Waals surface area contributed by atoms with Gasteiger partial charge in [-0.2, -0.15) is 8.42 Å². The van der Waals surface area contributed by atoms with Gasteiger partial charge in [-0.25, -0.2) is 6.14 Å². The van der Waals surface area contributed by atoms with E-state index in [0.29, 0.717) is 6.07 Å². The van der Waals surface area contributed by atoms with Crippen LogP contribution in [0.5, 0.6) is 5.75 Å². The molecule has 14 heavy (non-hydrogen) atoms. The molecule has 0 amide bonds. The third kappa shape index (κ3) is 2.39. The minimum Gasteiger partial charge on any atom is -0.508 e. The Balaban J connectivity index is 3.62. The van der Waals surface area contributed by atoms with E-state index in [2.05, 4.69) is 0 Å². The van der Waals surface area contributed by atoms with E-state index < -0.39 is 44.1 Å². The van der Waals surface area contributed by atoms with Crippen molar-refractivity contribution in [2.75, 3.05) is 0 Å². The fraction of sp³-hybridized carbons (Fsp3) is 0. The van der Waals surface area contributed by atoms with Gasteiger partial charge in [-0.15, -0.1) is 0 Å². The summed E-state index contributed by atoms with van der Waals surface area (Å²) in [7, 11) is -4.62. The van der Waals surface area contributed by atoms with Crippen LogP contribution in [0.2, 0.25) is 0 Å². The van der Waals surface area contributed by atoms with E-state index >= 15 is 0 Å². The Morgan fingerprint density at radius 3 is 2.21 bits per heavy atom. The van der Waals surface area contributed by atoms with Gasteiger partial charge in [0.05, 0.1) is 3.57 Å². The number of rotatable bonds is 2. The van der Waals surface area contributed by atoms with Crippen LogP contribution in [0.4, 0.5) is 0 Å². The van der Waals surface area contributed by atoms with Crippen molar-refractivity contribution in [3.63, 3.8) is 0 Å². The lowest BCUT2D eigenvalue weighted by molar-refractivity contribution is 0.465. The summed E-state index contributed by atoms with van der Waals surface area (Å²) in [6, 6.07) is 2.65. The van der Waals surface area contributed by atoms with Crippen LogP contribution < -0.4 is 0 Å². The maximum absolute atomic E-state index is 10.7. The lowest BCUT2D eigenvalue weighted by atomic mass is 10.3. The average molecular weight is 332 g/mol. The first-order valence-electron chi connectivity index (χ1n) is 3.18. The normalized spacial score (nSPS) is 11.9. The van der Waals surface area contributed by atoms with E-state index in [1.807, 2.05) is 0 Å². The zero-order valence-electron chi connectivity index (χ0n) is 6.55. The fourth-order valence-corrected chi connectivity index (χ4v) is 3.72. The number of benzene rings is 1. The molecular formula is C6H5IO6S. The molecule has 0 radical (unpaired) electrons. The summed E-state index contributed by atoms with van der Waals surface area (Å²) in [5, 5.41) is 8.92. The number of hydrogen-bond acceptors (Lipinski definition) is 5. The maximum atomic E-state index is 10.7. The van der Waals surface area contributed by atoms with Crippen molar-refractivity contribution in [1.29, 1.82) is 0 Å². The molecule has 0 unspecified atom stereocenters. The molecule has 0 fully saturated rings. The molecule has 0 spiro atoms. The number of aromatic hydroxyl groups is 1. The van der Waals surface area contributed by atoms with Crippen LogP contribution in [0.15, 0.2) is 23.1 Å². The number of hydrogen-bond donors (Lipinski definition) is 2. The quantitative estimate of drug-likeness (QED) is 0.618. The summed E-state index contributed by atoms with van der Waals surface area (Å²) in [6.45, 7) is 0. The Morgan fingerprint density at radius 1 is 1.21 bits per heavy atom. The average Bonchev–Trinajstić information content (AvgIpc) is 2.01. The molecule has 0 saturated carbocycles. The van der Waals surface area contributed by atoms with Gasteiger partial charge < -0.3 is 5.11 Å². The molecule has 6 nitrogen and oxygen atoms in total. The lowest BCUT2D eigenvalue weighted by Crippen LogP contribution is -2.00. The first-order chi connectivity index (χ1) is 6.32. The third-order valence-electron chi connectivity index (χ3n) is 1.36. The van der Waals surface area contributed by atoms with Gasteiger partial charge in [-0.05, 0) is 12.1 Å². The predicted octanol–water partition coefficient (Wildman–Crippen LogP) is 1.01. The molecule has 0 aromatic heterocycles. The van der Waals surface area contributed by atoms with Crippen LogP contribution in [0.3, 0.4) is 0 Å². The summed E-state index contributed by atoms with van der Waals surface area (Å²) in [5.74, 6) is -0.431. The van der Waals surface area contributed by atoms with Gasteiger partial charge in [-0.3, -0.25) is 4.55 Å². The fourth-order valence-electron chi connectivity index (χ4n) is 0.817. The second-order valence-electron chi connectivity index (χ2n) is 2.31. The van der Waals surface area contributed by atoms with Gasteiger partial charge in [0.15, 0.2) is 0 Å². The molecule has 8 heteroatoms. The van der Waals surface area contributed by atoms with Crippen molar-refractivity contribution in [1.82, 2.24) is 0 Å². The van der Waals surface area contributed by atoms with Crippen molar-refractivity contribution >= 4 is 29.9 Å². The largest absolute Gasteiger partial charge is 0.508 e. The molecule has 1 aromatic rings. The zero-order chi connectivity index (χ0) is 10.9. The first kappa shape index (κ1) is 11.3. The molecule has 0 aliphatic rings. The smallest absolute Gasteiger partial charge is 0.342 e. The van der Waals surface area contributed by atoms with Gasteiger partial charge >= 0.3 is 19.8 Å². The number of phenolic OH excluding ortho intramolecular Hbond substituents is 1. The second kappa shape index (κ2) is 3.79. The Hall–Kier alpha value is -0.740. The Labute approximate surface area is 86.5 Å². The second-order valence-corrected chi connectivity index (χ2v) is 6.10. The van der Waals surface area contributed by atoms with Crippen molar-refractivity contribution < 1.29 is 24.2 Å². The minimum absolute atomic E-state index is 0.431. The maximum Gasteiger partial charge on any atom is 0.342 e. The molecule has 0 saturated heterocycles. The molecular weight excluding hydrogens is 327 g/mol. The third-order valence-corrected chi connectivity index (χ3v) is 4.51. The highest BCUT2D eigenvalue weighted by molar-refractivity contribution is 14.2. The van der Waals surface area contributed by atoms with Crippen molar-refractivity contribution in [3.8, 4) is 5.75 Å². The molecule has 1 aromatic carbocycles. The number of phenols is 1. The van der Waals surface area contributed by atoms with Crippen molar-refractivity contribution in [2.45, 2.75) is 4.90 Å². The molecule has 0 bridgehead atoms. The van der Waals surface area contributed by atoms with Crippen LogP contribution in [0, 0.1) is 3.57 Å². The molecule has 0 aliphatic heterocycles. The van der Waals surface area contributed by atoms with Crippen LogP contribution in [0.1, 0.15) is 0 Å². The van der Waals surface area contributed by atoms with E-state index in [1.165, 1.54) is 0 Å². The highest BCUT2D eigenvalue weighted by Gasteiger charge is 2.19. The number of halogens is 1.